The standard InChI is InChI=1S/C15H9FN4/c16-14-9-10(5-7-17-14)11-6-8-20-13-4-2-1-3-12(13)19-15(20)18-11/h1-9H. The summed E-state index contributed by atoms with van der Waals surface area (Å²) in [6, 6.07) is 12.8. The molecule has 0 fully saturated rings. The van der Waals surface area contributed by atoms with E-state index in [9.17, 15) is 4.39 Å². The van der Waals surface area contributed by atoms with Crippen LogP contribution in [-0.2, 0) is 0 Å². The molecule has 4 rings (SSSR count). The van der Waals surface area contributed by atoms with Gasteiger partial charge in [-0.2, -0.15) is 4.39 Å². The average molecular weight is 264 g/mol. The molecule has 20 heavy (non-hydrogen) atoms. The summed E-state index contributed by atoms with van der Waals surface area (Å²) in [5, 5.41) is 0. The van der Waals surface area contributed by atoms with Gasteiger partial charge in [0.1, 0.15) is 0 Å². The number of hydrogen-bond donors (Lipinski definition) is 0. The van der Waals surface area contributed by atoms with Gasteiger partial charge < -0.3 is 0 Å². The zero-order valence-electron chi connectivity index (χ0n) is 10.4. The molecule has 0 amide bonds. The van der Waals surface area contributed by atoms with E-state index in [1.165, 1.54) is 12.3 Å². The van der Waals surface area contributed by atoms with Crippen LogP contribution in [-0.4, -0.2) is 19.4 Å². The molecule has 4 nitrogen and oxygen atoms in total. The fraction of sp³-hybridized carbons (Fsp3) is 0. The van der Waals surface area contributed by atoms with Crippen LogP contribution < -0.4 is 0 Å². The Morgan fingerprint density at radius 2 is 1.90 bits per heavy atom. The minimum Gasteiger partial charge on any atom is -0.284 e. The summed E-state index contributed by atoms with van der Waals surface area (Å²) in [6.07, 6.45) is 3.32. The van der Waals surface area contributed by atoms with Crippen LogP contribution in [0.15, 0.2) is 54.9 Å². The van der Waals surface area contributed by atoms with Crippen molar-refractivity contribution in [3.63, 3.8) is 0 Å². The Morgan fingerprint density at radius 1 is 1.00 bits per heavy atom. The number of hydrogen-bond acceptors (Lipinski definition) is 3. The molecule has 3 aromatic heterocycles. The number of aromatic nitrogens is 4. The number of fused-ring (bicyclic) bond motifs is 3. The van der Waals surface area contributed by atoms with E-state index in [0.29, 0.717) is 17.0 Å². The number of para-hydroxylation sites is 2. The molecule has 0 radical (unpaired) electrons. The molecule has 0 spiro atoms. The van der Waals surface area contributed by atoms with E-state index in [0.717, 1.165) is 11.0 Å². The van der Waals surface area contributed by atoms with Gasteiger partial charge in [0.25, 0.3) is 0 Å². The molecule has 0 aliphatic carbocycles. The first-order valence-corrected chi connectivity index (χ1v) is 6.17. The van der Waals surface area contributed by atoms with Crippen LogP contribution in [0.3, 0.4) is 0 Å². The van der Waals surface area contributed by atoms with Gasteiger partial charge in [-0.1, -0.05) is 12.1 Å². The van der Waals surface area contributed by atoms with E-state index in [4.69, 9.17) is 0 Å². The van der Waals surface area contributed by atoms with E-state index in [-0.39, 0.29) is 0 Å². The Labute approximate surface area is 113 Å². The van der Waals surface area contributed by atoms with Crippen LogP contribution in [0.5, 0.6) is 0 Å². The SMILES string of the molecule is Fc1cc(-c2ccn3c(n2)nc2ccccc23)ccn1. The van der Waals surface area contributed by atoms with E-state index >= 15 is 0 Å². The molecule has 0 aliphatic rings. The minimum absolute atomic E-state index is 0.516. The lowest BCUT2D eigenvalue weighted by molar-refractivity contribution is 0.584. The minimum atomic E-state index is -0.516. The summed E-state index contributed by atoms with van der Waals surface area (Å²) in [5.74, 6) is 0.0820. The molecule has 1 aromatic carbocycles. The highest BCUT2D eigenvalue weighted by atomic mass is 19.1. The summed E-state index contributed by atoms with van der Waals surface area (Å²) in [5.41, 5.74) is 3.25. The normalized spacial score (nSPS) is 11.2. The predicted molar refractivity (Wildman–Crippen MR) is 73.7 cm³/mol. The van der Waals surface area contributed by atoms with Crippen LogP contribution in [0, 0.1) is 5.95 Å². The molecule has 0 saturated carbocycles. The molecule has 0 saturated heterocycles. The molecule has 3 heterocycles. The predicted octanol–water partition coefficient (Wildman–Crippen LogP) is 3.08. The molecular weight excluding hydrogens is 255 g/mol. The van der Waals surface area contributed by atoms with Crippen LogP contribution >= 0.6 is 0 Å². The van der Waals surface area contributed by atoms with E-state index in [1.54, 1.807) is 6.07 Å². The topological polar surface area (TPSA) is 43.1 Å². The summed E-state index contributed by atoms with van der Waals surface area (Å²) in [4.78, 5) is 12.5. The zero-order chi connectivity index (χ0) is 13.5. The number of pyridine rings is 1. The number of nitrogens with zero attached hydrogens (tertiary/aromatic N) is 4. The van der Waals surface area contributed by atoms with Gasteiger partial charge in [0.2, 0.25) is 11.7 Å². The third-order valence-corrected chi connectivity index (χ3v) is 3.20. The second kappa shape index (κ2) is 4.09. The van der Waals surface area contributed by atoms with Crippen LogP contribution in [0.25, 0.3) is 28.1 Å². The Bertz CT molecular complexity index is 929. The Balaban J connectivity index is 1.97. The zero-order valence-corrected chi connectivity index (χ0v) is 10.4. The highest BCUT2D eigenvalue weighted by Gasteiger charge is 2.07. The second-order valence-corrected chi connectivity index (χ2v) is 4.45. The van der Waals surface area contributed by atoms with Crippen LogP contribution in [0.2, 0.25) is 0 Å². The summed E-state index contributed by atoms with van der Waals surface area (Å²) >= 11 is 0. The van der Waals surface area contributed by atoms with Gasteiger partial charge in [-0.25, -0.2) is 15.0 Å². The van der Waals surface area contributed by atoms with Gasteiger partial charge in [-0.3, -0.25) is 4.40 Å². The maximum absolute atomic E-state index is 13.2. The molecule has 0 unspecified atom stereocenters. The Kier molecular flexibility index (Phi) is 2.26. The van der Waals surface area contributed by atoms with Crippen LogP contribution in [0.4, 0.5) is 4.39 Å². The highest BCUT2D eigenvalue weighted by molar-refractivity contribution is 5.79. The number of rotatable bonds is 1. The lowest BCUT2D eigenvalue weighted by Crippen LogP contribution is -1.92. The molecule has 5 heteroatoms. The Morgan fingerprint density at radius 3 is 2.80 bits per heavy atom. The fourth-order valence-corrected chi connectivity index (χ4v) is 2.27. The van der Waals surface area contributed by atoms with Gasteiger partial charge in [-0.05, 0) is 24.3 Å². The fourth-order valence-electron chi connectivity index (χ4n) is 2.27. The summed E-state index contributed by atoms with van der Waals surface area (Å²) in [6.45, 7) is 0. The first-order chi connectivity index (χ1) is 9.81. The largest absolute Gasteiger partial charge is 0.284 e. The smallest absolute Gasteiger partial charge is 0.235 e. The molecule has 0 aliphatic heterocycles. The van der Waals surface area contributed by atoms with Crippen molar-refractivity contribution in [3.8, 4) is 11.3 Å². The van der Waals surface area contributed by atoms with E-state index in [2.05, 4.69) is 15.0 Å². The number of imidazole rings is 1. The quantitative estimate of drug-likeness (QED) is 0.496. The lowest BCUT2D eigenvalue weighted by atomic mass is 10.2. The monoisotopic (exact) mass is 264 g/mol. The average Bonchev–Trinajstić information content (AvgIpc) is 2.85. The third-order valence-electron chi connectivity index (χ3n) is 3.20. The van der Waals surface area contributed by atoms with Crippen molar-refractivity contribution in [2.24, 2.45) is 0 Å². The van der Waals surface area contributed by atoms with Crippen molar-refractivity contribution < 1.29 is 4.39 Å². The Hall–Kier alpha value is -2.82. The van der Waals surface area contributed by atoms with Gasteiger partial charge >= 0.3 is 0 Å². The first-order valence-electron chi connectivity index (χ1n) is 6.17. The molecular formula is C15H9FN4. The van der Waals surface area contributed by atoms with Crippen molar-refractivity contribution in [2.45, 2.75) is 0 Å². The molecule has 0 N–H and O–H groups in total. The molecule has 0 atom stereocenters. The van der Waals surface area contributed by atoms with E-state index < -0.39 is 5.95 Å². The first kappa shape index (κ1) is 11.0. The van der Waals surface area contributed by atoms with Crippen molar-refractivity contribution in [2.75, 3.05) is 0 Å². The van der Waals surface area contributed by atoms with Crippen molar-refractivity contribution in [3.05, 3.63) is 60.8 Å². The molecule has 4 aromatic rings. The maximum atomic E-state index is 13.2. The van der Waals surface area contributed by atoms with Crippen LogP contribution in [0.1, 0.15) is 0 Å². The van der Waals surface area contributed by atoms with Gasteiger partial charge in [0.15, 0.2) is 0 Å². The van der Waals surface area contributed by atoms with Crippen molar-refractivity contribution in [1.29, 1.82) is 0 Å². The van der Waals surface area contributed by atoms with Gasteiger partial charge in [0.05, 0.1) is 16.7 Å². The highest BCUT2D eigenvalue weighted by Crippen LogP contribution is 2.20. The summed E-state index contributed by atoms with van der Waals surface area (Å²) in [7, 11) is 0. The molecule has 96 valence electrons. The van der Waals surface area contributed by atoms with E-state index in [1.807, 2.05) is 40.9 Å². The lowest BCUT2D eigenvalue weighted by Gasteiger charge is -2.01. The van der Waals surface area contributed by atoms with Crippen molar-refractivity contribution >= 4 is 16.8 Å². The van der Waals surface area contributed by atoms with Gasteiger partial charge in [-0.15, -0.1) is 0 Å². The van der Waals surface area contributed by atoms with Gasteiger partial charge in [0, 0.05) is 24.0 Å². The maximum Gasteiger partial charge on any atom is 0.235 e. The number of benzene rings is 1. The number of halogens is 1. The second-order valence-electron chi connectivity index (χ2n) is 4.45. The van der Waals surface area contributed by atoms with Crippen molar-refractivity contribution in [1.82, 2.24) is 19.4 Å². The summed E-state index contributed by atoms with van der Waals surface area (Å²) < 4.78 is 15.1. The third kappa shape index (κ3) is 1.64. The molecule has 0 bridgehead atoms.